The summed E-state index contributed by atoms with van der Waals surface area (Å²) >= 11 is 0. The molecule has 2 aromatic heterocycles. The number of methoxy groups -OCH3 is 1. The number of esters is 1. The van der Waals surface area contributed by atoms with Gasteiger partial charge in [-0.1, -0.05) is 0 Å². The van der Waals surface area contributed by atoms with Gasteiger partial charge >= 0.3 is 5.97 Å². The van der Waals surface area contributed by atoms with Crippen LogP contribution in [0.1, 0.15) is 21.9 Å². The molecule has 5 heteroatoms. The van der Waals surface area contributed by atoms with Crippen LogP contribution in [0, 0.1) is 13.8 Å². The van der Waals surface area contributed by atoms with Gasteiger partial charge in [0.05, 0.1) is 12.7 Å². The highest BCUT2D eigenvalue weighted by atomic mass is 16.5. The summed E-state index contributed by atoms with van der Waals surface area (Å²) in [4.78, 5) is 11.4. The smallest absolute Gasteiger partial charge is 0.339 e. The molecule has 0 aromatic carbocycles. The fourth-order valence-electron chi connectivity index (χ4n) is 1.63. The van der Waals surface area contributed by atoms with E-state index >= 15 is 0 Å². The van der Waals surface area contributed by atoms with E-state index in [2.05, 4.69) is 14.9 Å². The van der Waals surface area contributed by atoms with Crippen molar-refractivity contribution in [3.8, 4) is 0 Å². The molecule has 2 aromatic rings. The second-order valence-electron chi connectivity index (χ2n) is 3.26. The first-order valence-corrected chi connectivity index (χ1v) is 4.55. The predicted octanol–water partition coefficient (Wildman–Crippen LogP) is 1.13. The van der Waals surface area contributed by atoms with Crippen molar-refractivity contribution in [2.45, 2.75) is 13.8 Å². The lowest BCUT2D eigenvalue weighted by molar-refractivity contribution is 0.0599. The Morgan fingerprint density at radius 1 is 1.33 bits per heavy atom. The Kier molecular flexibility index (Phi) is 2.15. The van der Waals surface area contributed by atoms with Gasteiger partial charge in [-0.2, -0.15) is 0 Å². The minimum absolute atomic E-state index is 0.345. The molecule has 2 rings (SSSR count). The van der Waals surface area contributed by atoms with E-state index in [-0.39, 0.29) is 5.97 Å². The van der Waals surface area contributed by atoms with Crippen molar-refractivity contribution in [3.05, 3.63) is 29.2 Å². The molecule has 0 atom stereocenters. The molecule has 78 valence electrons. The molecule has 0 aliphatic rings. The Labute approximate surface area is 86.7 Å². The average Bonchev–Trinajstić information content (AvgIpc) is 2.61. The third-order valence-electron chi connectivity index (χ3n) is 2.38. The molecule has 0 bridgehead atoms. The van der Waals surface area contributed by atoms with Gasteiger partial charge in [0.25, 0.3) is 0 Å². The number of hydrogen-bond donors (Lipinski definition) is 0. The lowest BCUT2D eigenvalue weighted by atomic mass is 10.2. The van der Waals surface area contributed by atoms with Gasteiger partial charge in [-0.15, -0.1) is 10.2 Å². The fraction of sp³-hybridized carbons (Fsp3) is 0.300. The largest absolute Gasteiger partial charge is 0.465 e. The number of carbonyl (C=O) groups excluding carboxylic acids is 1. The van der Waals surface area contributed by atoms with Crippen LogP contribution in [0.3, 0.4) is 0 Å². The normalized spacial score (nSPS) is 10.6. The van der Waals surface area contributed by atoms with Crippen LogP contribution in [0.25, 0.3) is 5.65 Å². The van der Waals surface area contributed by atoms with Crippen molar-refractivity contribution in [1.82, 2.24) is 14.6 Å². The van der Waals surface area contributed by atoms with E-state index in [1.54, 1.807) is 12.1 Å². The minimum atomic E-state index is -0.345. The van der Waals surface area contributed by atoms with Gasteiger partial charge in [0.15, 0.2) is 5.65 Å². The summed E-state index contributed by atoms with van der Waals surface area (Å²) in [5.41, 5.74) is 2.06. The molecule has 0 saturated heterocycles. The molecule has 0 aliphatic heterocycles. The van der Waals surface area contributed by atoms with Gasteiger partial charge in [0.1, 0.15) is 5.82 Å². The SMILES string of the molecule is COC(=O)c1ccc2nnc(C)n2c1C. The lowest BCUT2D eigenvalue weighted by Gasteiger charge is -2.06. The Bertz CT molecular complexity index is 531. The Morgan fingerprint density at radius 2 is 2.07 bits per heavy atom. The first-order chi connectivity index (χ1) is 7.15. The molecule has 0 radical (unpaired) electrons. The number of fused-ring (bicyclic) bond motifs is 1. The van der Waals surface area contributed by atoms with Crippen LogP contribution in [0.2, 0.25) is 0 Å². The molecule has 2 heterocycles. The number of pyridine rings is 1. The third kappa shape index (κ3) is 1.36. The molecule has 0 amide bonds. The molecule has 15 heavy (non-hydrogen) atoms. The van der Waals surface area contributed by atoms with Gasteiger partial charge < -0.3 is 4.74 Å². The van der Waals surface area contributed by atoms with Gasteiger partial charge in [0.2, 0.25) is 0 Å². The average molecular weight is 205 g/mol. The zero-order valence-corrected chi connectivity index (χ0v) is 8.81. The van der Waals surface area contributed by atoms with Crippen LogP contribution in [-0.4, -0.2) is 27.7 Å². The van der Waals surface area contributed by atoms with E-state index in [4.69, 9.17) is 0 Å². The van der Waals surface area contributed by atoms with E-state index in [9.17, 15) is 4.79 Å². The Balaban J connectivity index is 2.74. The monoisotopic (exact) mass is 205 g/mol. The van der Waals surface area contributed by atoms with Crippen molar-refractivity contribution in [3.63, 3.8) is 0 Å². The molecule has 0 spiro atoms. The number of hydrogen-bond acceptors (Lipinski definition) is 4. The van der Waals surface area contributed by atoms with Gasteiger partial charge in [-0.25, -0.2) is 4.79 Å². The van der Waals surface area contributed by atoms with Crippen molar-refractivity contribution < 1.29 is 9.53 Å². The molecule has 0 saturated carbocycles. The predicted molar refractivity (Wildman–Crippen MR) is 53.8 cm³/mol. The maximum atomic E-state index is 11.4. The van der Waals surface area contributed by atoms with E-state index < -0.39 is 0 Å². The summed E-state index contributed by atoms with van der Waals surface area (Å²) in [5, 5.41) is 7.91. The standard InChI is InChI=1S/C10H11N3O2/c1-6-8(10(14)15-3)4-5-9-12-11-7(2)13(6)9/h4-5H,1-3H3. The maximum absolute atomic E-state index is 11.4. The van der Waals surface area contributed by atoms with Gasteiger partial charge in [-0.05, 0) is 26.0 Å². The lowest BCUT2D eigenvalue weighted by Crippen LogP contribution is -2.07. The van der Waals surface area contributed by atoms with Crippen molar-refractivity contribution in [2.24, 2.45) is 0 Å². The highest BCUT2D eigenvalue weighted by molar-refractivity contribution is 5.90. The van der Waals surface area contributed by atoms with Crippen molar-refractivity contribution in [2.75, 3.05) is 7.11 Å². The van der Waals surface area contributed by atoms with Crippen LogP contribution in [0.15, 0.2) is 12.1 Å². The van der Waals surface area contributed by atoms with E-state index in [0.29, 0.717) is 5.56 Å². The topological polar surface area (TPSA) is 56.5 Å². The van der Waals surface area contributed by atoms with Gasteiger partial charge in [-0.3, -0.25) is 4.40 Å². The second kappa shape index (κ2) is 3.34. The summed E-state index contributed by atoms with van der Waals surface area (Å²) in [6.45, 7) is 3.68. The number of rotatable bonds is 1. The fourth-order valence-corrected chi connectivity index (χ4v) is 1.63. The molecule has 5 nitrogen and oxygen atoms in total. The maximum Gasteiger partial charge on any atom is 0.339 e. The second-order valence-corrected chi connectivity index (χ2v) is 3.26. The molecular weight excluding hydrogens is 194 g/mol. The first-order valence-electron chi connectivity index (χ1n) is 4.55. The summed E-state index contributed by atoms with van der Waals surface area (Å²) in [6.07, 6.45) is 0. The van der Waals surface area contributed by atoms with Crippen molar-refractivity contribution in [1.29, 1.82) is 0 Å². The van der Waals surface area contributed by atoms with Crippen molar-refractivity contribution >= 4 is 11.6 Å². The number of carbonyl (C=O) groups is 1. The highest BCUT2D eigenvalue weighted by Crippen LogP contribution is 2.13. The minimum Gasteiger partial charge on any atom is -0.465 e. The summed E-state index contributed by atoms with van der Waals surface area (Å²) in [6, 6.07) is 3.45. The quantitative estimate of drug-likeness (QED) is 0.655. The van der Waals surface area contributed by atoms with Crippen LogP contribution in [-0.2, 0) is 4.74 Å². The van der Waals surface area contributed by atoms with E-state index in [0.717, 1.165) is 17.2 Å². The summed E-state index contributed by atoms with van der Waals surface area (Å²) in [7, 11) is 1.37. The zero-order chi connectivity index (χ0) is 11.0. The van der Waals surface area contributed by atoms with Crippen LogP contribution >= 0.6 is 0 Å². The molecule has 0 fully saturated rings. The Hall–Kier alpha value is -1.91. The Morgan fingerprint density at radius 3 is 2.73 bits per heavy atom. The van der Waals surface area contributed by atoms with E-state index in [1.807, 2.05) is 18.2 Å². The number of ether oxygens (including phenoxy) is 1. The third-order valence-corrected chi connectivity index (χ3v) is 2.38. The first kappa shape index (κ1) is 9.64. The summed E-state index contributed by atoms with van der Waals surface area (Å²) < 4.78 is 6.52. The molecular formula is C10H11N3O2. The number of aryl methyl sites for hydroxylation is 2. The van der Waals surface area contributed by atoms with Crippen LogP contribution in [0.4, 0.5) is 0 Å². The molecule has 0 unspecified atom stereocenters. The number of aromatic nitrogens is 3. The number of nitrogens with zero attached hydrogens (tertiary/aromatic N) is 3. The van der Waals surface area contributed by atoms with Gasteiger partial charge in [0, 0.05) is 5.69 Å². The van der Waals surface area contributed by atoms with E-state index in [1.165, 1.54) is 7.11 Å². The van der Waals surface area contributed by atoms with Crippen LogP contribution in [0.5, 0.6) is 0 Å². The summed E-state index contributed by atoms with van der Waals surface area (Å²) in [5.74, 6) is 0.413. The molecule has 0 N–H and O–H groups in total. The highest BCUT2D eigenvalue weighted by Gasteiger charge is 2.13. The molecule has 0 aliphatic carbocycles. The van der Waals surface area contributed by atoms with Crippen LogP contribution < -0.4 is 0 Å². The zero-order valence-electron chi connectivity index (χ0n) is 8.81.